The number of hydrogen-bond donors (Lipinski definition) is 2. The zero-order chi connectivity index (χ0) is 14.9. The first kappa shape index (κ1) is 15.1. The third-order valence-electron chi connectivity index (χ3n) is 5.44. The van der Waals surface area contributed by atoms with Gasteiger partial charge in [-0.3, -0.25) is 9.59 Å². The highest BCUT2D eigenvalue weighted by Crippen LogP contribution is 2.56. The van der Waals surface area contributed by atoms with Crippen LogP contribution in [0, 0.1) is 29.6 Å². The number of carbonyl (C=O) groups excluding carboxylic acids is 1. The second-order valence-electron chi connectivity index (χ2n) is 6.55. The monoisotopic (exact) mass is 279 g/mol. The fourth-order valence-electron chi connectivity index (χ4n) is 4.33. The molecule has 1 amide bonds. The van der Waals surface area contributed by atoms with Crippen LogP contribution in [-0.2, 0) is 9.59 Å². The number of amides is 1. The molecule has 4 nitrogen and oxygen atoms in total. The number of nitrogens with one attached hydrogen (secondary N) is 1. The van der Waals surface area contributed by atoms with Crippen LogP contribution in [0.25, 0.3) is 0 Å². The first-order valence-corrected chi connectivity index (χ1v) is 7.59. The molecule has 20 heavy (non-hydrogen) atoms. The van der Waals surface area contributed by atoms with Crippen LogP contribution in [-0.4, -0.2) is 23.0 Å². The van der Waals surface area contributed by atoms with E-state index in [1.54, 1.807) is 0 Å². The molecule has 0 aliphatic heterocycles. The van der Waals surface area contributed by atoms with Gasteiger partial charge in [0, 0.05) is 6.04 Å². The van der Waals surface area contributed by atoms with Gasteiger partial charge in [0.05, 0.1) is 5.92 Å². The highest BCUT2D eigenvalue weighted by atomic mass is 16.4. The van der Waals surface area contributed by atoms with Gasteiger partial charge in [0.15, 0.2) is 0 Å². The molecule has 2 saturated carbocycles. The molecule has 2 aliphatic carbocycles. The Morgan fingerprint density at radius 2 is 2.15 bits per heavy atom. The molecule has 2 bridgehead atoms. The van der Waals surface area contributed by atoms with E-state index >= 15 is 0 Å². The minimum atomic E-state index is -0.623. The Morgan fingerprint density at radius 1 is 1.45 bits per heavy atom. The van der Waals surface area contributed by atoms with Gasteiger partial charge in [-0.1, -0.05) is 13.5 Å². The van der Waals surface area contributed by atoms with Crippen molar-refractivity contribution in [3.63, 3.8) is 0 Å². The summed E-state index contributed by atoms with van der Waals surface area (Å²) in [6.45, 7) is 7.70. The molecule has 2 aliphatic rings. The minimum absolute atomic E-state index is 0.120. The molecule has 0 aromatic carbocycles. The summed E-state index contributed by atoms with van der Waals surface area (Å²) >= 11 is 0. The Kier molecular flexibility index (Phi) is 4.51. The highest BCUT2D eigenvalue weighted by molar-refractivity contribution is 5.87. The van der Waals surface area contributed by atoms with E-state index in [0.717, 1.165) is 25.7 Å². The van der Waals surface area contributed by atoms with Crippen LogP contribution in [0.3, 0.4) is 0 Å². The molecule has 0 aromatic heterocycles. The normalized spacial score (nSPS) is 36.6. The number of aliphatic carboxylic acids is 1. The highest BCUT2D eigenvalue weighted by Gasteiger charge is 2.52. The molecule has 2 fully saturated rings. The Morgan fingerprint density at radius 3 is 2.70 bits per heavy atom. The number of carboxylic acids is 1. The van der Waals surface area contributed by atoms with Gasteiger partial charge in [0.2, 0.25) is 5.91 Å². The molecule has 0 saturated heterocycles. The number of hydrogen-bond acceptors (Lipinski definition) is 2. The summed E-state index contributed by atoms with van der Waals surface area (Å²) in [6, 6.07) is 0.120. The van der Waals surface area contributed by atoms with Crippen LogP contribution in [0.15, 0.2) is 12.7 Å². The number of rotatable bonds is 6. The molecular weight excluding hydrogens is 254 g/mol. The molecule has 0 spiro atoms. The molecule has 0 aromatic rings. The molecule has 0 heterocycles. The van der Waals surface area contributed by atoms with Crippen molar-refractivity contribution in [3.05, 3.63) is 12.7 Å². The van der Waals surface area contributed by atoms with Gasteiger partial charge >= 0.3 is 5.97 Å². The molecule has 0 radical (unpaired) electrons. The Labute approximate surface area is 120 Å². The van der Waals surface area contributed by atoms with E-state index < -0.39 is 5.97 Å². The van der Waals surface area contributed by atoms with Crippen molar-refractivity contribution in [2.75, 3.05) is 0 Å². The van der Waals surface area contributed by atoms with Crippen LogP contribution >= 0.6 is 0 Å². The van der Waals surface area contributed by atoms with Crippen molar-refractivity contribution in [2.45, 2.75) is 45.6 Å². The van der Waals surface area contributed by atoms with Crippen LogP contribution in [0.2, 0.25) is 0 Å². The third kappa shape index (κ3) is 2.89. The lowest BCUT2D eigenvalue weighted by Gasteiger charge is -2.32. The smallest absolute Gasteiger partial charge is 0.306 e. The van der Waals surface area contributed by atoms with Gasteiger partial charge in [0.25, 0.3) is 0 Å². The second-order valence-corrected chi connectivity index (χ2v) is 6.55. The fraction of sp³-hybridized carbons (Fsp3) is 0.750. The average Bonchev–Trinajstić information content (AvgIpc) is 2.94. The van der Waals surface area contributed by atoms with Crippen molar-refractivity contribution in [1.29, 1.82) is 0 Å². The standard InChI is InChI=1S/C16H25NO3/c1-4-15(18)17-9(2)5-6-12-10(3)11-7-13(12)14(8-11)16(19)20/h4,9-14H,1,5-8H2,2-3H3,(H,17,18)(H,19,20). The molecule has 112 valence electrons. The molecule has 4 heteroatoms. The SMILES string of the molecule is C=CC(=O)NC(C)CCC1C(C)C2CC(C(=O)O)C1C2. The van der Waals surface area contributed by atoms with Crippen LogP contribution in [0.1, 0.15) is 39.5 Å². The number of carbonyl (C=O) groups is 2. The maximum Gasteiger partial charge on any atom is 0.306 e. The van der Waals surface area contributed by atoms with Gasteiger partial charge in [0.1, 0.15) is 0 Å². The lowest BCUT2D eigenvalue weighted by molar-refractivity contribution is -0.144. The number of fused-ring (bicyclic) bond motifs is 2. The Hall–Kier alpha value is -1.32. The van der Waals surface area contributed by atoms with Gasteiger partial charge in [-0.05, 0) is 62.4 Å². The van der Waals surface area contributed by atoms with Gasteiger partial charge < -0.3 is 10.4 Å². The summed E-state index contributed by atoms with van der Waals surface area (Å²) in [5, 5.41) is 12.2. The quantitative estimate of drug-likeness (QED) is 0.734. The topological polar surface area (TPSA) is 66.4 Å². The Bertz CT molecular complexity index is 407. The zero-order valence-corrected chi connectivity index (χ0v) is 12.3. The summed E-state index contributed by atoms with van der Waals surface area (Å²) in [5.41, 5.74) is 0. The molecule has 6 unspecified atom stereocenters. The molecular formula is C16H25NO3. The second kappa shape index (κ2) is 5.98. The minimum Gasteiger partial charge on any atom is -0.481 e. The largest absolute Gasteiger partial charge is 0.481 e. The first-order valence-electron chi connectivity index (χ1n) is 7.59. The average molecular weight is 279 g/mol. The van der Waals surface area contributed by atoms with Crippen molar-refractivity contribution in [3.8, 4) is 0 Å². The van der Waals surface area contributed by atoms with Gasteiger partial charge in [-0.2, -0.15) is 0 Å². The maximum atomic E-state index is 11.3. The Balaban J connectivity index is 1.88. The lowest BCUT2D eigenvalue weighted by atomic mass is 9.72. The van der Waals surface area contributed by atoms with Crippen LogP contribution in [0.5, 0.6) is 0 Å². The van der Waals surface area contributed by atoms with E-state index in [2.05, 4.69) is 18.8 Å². The molecule has 2 rings (SSSR count). The summed E-state index contributed by atoms with van der Waals surface area (Å²) in [7, 11) is 0. The fourth-order valence-corrected chi connectivity index (χ4v) is 4.33. The van der Waals surface area contributed by atoms with E-state index in [9.17, 15) is 14.7 Å². The van der Waals surface area contributed by atoms with Crippen LogP contribution in [0.4, 0.5) is 0 Å². The third-order valence-corrected chi connectivity index (χ3v) is 5.44. The van der Waals surface area contributed by atoms with E-state index in [-0.39, 0.29) is 17.9 Å². The predicted octanol–water partition coefficient (Wildman–Crippen LogP) is 2.45. The van der Waals surface area contributed by atoms with E-state index in [0.29, 0.717) is 23.7 Å². The summed E-state index contributed by atoms with van der Waals surface area (Å²) in [6.07, 6.45) is 5.14. The number of carboxylic acid groups (broad SMARTS) is 1. The first-order chi connectivity index (χ1) is 9.43. The van der Waals surface area contributed by atoms with Crippen molar-refractivity contribution < 1.29 is 14.7 Å². The van der Waals surface area contributed by atoms with Crippen LogP contribution < -0.4 is 5.32 Å². The van der Waals surface area contributed by atoms with Crippen molar-refractivity contribution >= 4 is 11.9 Å². The van der Waals surface area contributed by atoms with Gasteiger partial charge in [-0.15, -0.1) is 0 Å². The molecule has 2 N–H and O–H groups in total. The van der Waals surface area contributed by atoms with Crippen molar-refractivity contribution in [1.82, 2.24) is 5.32 Å². The maximum absolute atomic E-state index is 11.3. The van der Waals surface area contributed by atoms with E-state index in [4.69, 9.17) is 0 Å². The lowest BCUT2D eigenvalue weighted by Crippen LogP contribution is -2.34. The molecule has 6 atom stereocenters. The van der Waals surface area contributed by atoms with E-state index in [1.165, 1.54) is 6.08 Å². The zero-order valence-electron chi connectivity index (χ0n) is 12.3. The van der Waals surface area contributed by atoms with Crippen molar-refractivity contribution in [2.24, 2.45) is 29.6 Å². The van der Waals surface area contributed by atoms with E-state index in [1.807, 2.05) is 6.92 Å². The summed E-state index contributed by atoms with van der Waals surface area (Å²) < 4.78 is 0. The van der Waals surface area contributed by atoms with Gasteiger partial charge in [-0.25, -0.2) is 0 Å². The summed E-state index contributed by atoms with van der Waals surface area (Å²) in [4.78, 5) is 22.5. The summed E-state index contributed by atoms with van der Waals surface area (Å²) in [5.74, 6) is 1.15. The predicted molar refractivity (Wildman–Crippen MR) is 77.0 cm³/mol.